The van der Waals surface area contributed by atoms with Gasteiger partial charge >= 0.3 is 12.1 Å². The van der Waals surface area contributed by atoms with E-state index in [2.05, 4.69) is 0 Å². The summed E-state index contributed by atoms with van der Waals surface area (Å²) < 4.78 is 36.5. The third-order valence-electron chi connectivity index (χ3n) is 2.19. The van der Waals surface area contributed by atoms with Crippen LogP contribution in [0.3, 0.4) is 0 Å². The molecule has 98 valence electrons. The summed E-state index contributed by atoms with van der Waals surface area (Å²) in [5.74, 6) is -3.06. The zero-order chi connectivity index (χ0) is 13.9. The van der Waals surface area contributed by atoms with Crippen LogP contribution < -0.4 is 5.32 Å². The van der Waals surface area contributed by atoms with Crippen LogP contribution >= 0.6 is 11.6 Å². The van der Waals surface area contributed by atoms with Gasteiger partial charge in [-0.2, -0.15) is 13.2 Å². The van der Waals surface area contributed by atoms with E-state index in [9.17, 15) is 22.8 Å². The number of halogens is 4. The fraction of sp³-hybridized carbons (Fsp3) is 0.273. The summed E-state index contributed by atoms with van der Waals surface area (Å²) in [6.07, 6.45) is -5.01. The summed E-state index contributed by atoms with van der Waals surface area (Å²) in [6, 6.07) is 4.29. The Morgan fingerprint density at radius 3 is 2.44 bits per heavy atom. The summed E-state index contributed by atoms with van der Waals surface area (Å²) in [6.45, 7) is 1.48. The van der Waals surface area contributed by atoms with Crippen molar-refractivity contribution in [1.82, 2.24) is 0 Å². The van der Waals surface area contributed by atoms with Crippen LogP contribution in [0.1, 0.15) is 15.9 Å². The maximum atomic E-state index is 12.2. The van der Waals surface area contributed by atoms with E-state index in [1.165, 1.54) is 25.1 Å². The number of anilines is 1. The lowest BCUT2D eigenvalue weighted by molar-refractivity contribution is -0.167. The second kappa shape index (κ2) is 5.39. The Kier molecular flexibility index (Phi) is 4.34. The highest BCUT2D eigenvalue weighted by molar-refractivity contribution is 6.31. The molecule has 0 aliphatic heterocycles. The largest absolute Gasteiger partial charge is 0.471 e. The molecule has 18 heavy (non-hydrogen) atoms. The Morgan fingerprint density at radius 1 is 1.33 bits per heavy atom. The summed E-state index contributed by atoms with van der Waals surface area (Å²) in [5, 5.41) is 1.69. The maximum absolute atomic E-state index is 12.2. The van der Waals surface area contributed by atoms with Crippen LogP contribution in [0.2, 0.25) is 0 Å². The average molecular weight is 280 g/mol. The van der Waals surface area contributed by atoms with Gasteiger partial charge in [0.05, 0.1) is 11.6 Å². The molecule has 0 spiro atoms. The van der Waals surface area contributed by atoms with Crippen molar-refractivity contribution in [2.24, 2.45) is 0 Å². The van der Waals surface area contributed by atoms with Gasteiger partial charge in [0, 0.05) is 5.56 Å². The fourth-order valence-corrected chi connectivity index (χ4v) is 1.47. The topological polar surface area (TPSA) is 46.2 Å². The summed E-state index contributed by atoms with van der Waals surface area (Å²) >= 11 is 5.35. The van der Waals surface area contributed by atoms with Gasteiger partial charge in [-0.3, -0.25) is 9.59 Å². The third-order valence-corrected chi connectivity index (χ3v) is 2.43. The molecule has 0 fully saturated rings. The number of hydrogen-bond acceptors (Lipinski definition) is 2. The highest BCUT2D eigenvalue weighted by atomic mass is 35.5. The molecule has 1 rings (SSSR count). The van der Waals surface area contributed by atoms with Crippen molar-refractivity contribution in [2.45, 2.75) is 13.1 Å². The predicted octanol–water partition coefficient (Wildman–Crippen LogP) is 2.92. The van der Waals surface area contributed by atoms with Gasteiger partial charge in [-0.25, -0.2) is 0 Å². The monoisotopic (exact) mass is 279 g/mol. The number of carbonyl (C=O) groups is 2. The highest BCUT2D eigenvalue weighted by Gasteiger charge is 2.39. The quantitative estimate of drug-likeness (QED) is 0.683. The van der Waals surface area contributed by atoms with Gasteiger partial charge in [-0.15, -0.1) is 11.6 Å². The average Bonchev–Trinajstić information content (AvgIpc) is 2.29. The molecule has 0 aliphatic carbocycles. The van der Waals surface area contributed by atoms with Crippen LogP contribution in [-0.4, -0.2) is 23.7 Å². The zero-order valence-electron chi connectivity index (χ0n) is 9.27. The predicted molar refractivity (Wildman–Crippen MR) is 60.9 cm³/mol. The number of amides is 1. The van der Waals surface area contributed by atoms with E-state index in [4.69, 9.17) is 11.6 Å². The molecule has 1 aromatic carbocycles. The molecule has 0 bridgehead atoms. The Morgan fingerprint density at radius 2 is 1.94 bits per heavy atom. The lowest BCUT2D eigenvalue weighted by atomic mass is 10.0. The fourth-order valence-electron chi connectivity index (χ4n) is 1.32. The van der Waals surface area contributed by atoms with Gasteiger partial charge in [-0.1, -0.05) is 12.1 Å². The second-order valence-corrected chi connectivity index (χ2v) is 3.77. The van der Waals surface area contributed by atoms with Gasteiger partial charge in [-0.05, 0) is 18.6 Å². The summed E-state index contributed by atoms with van der Waals surface area (Å²) in [4.78, 5) is 22.3. The Labute approximate surface area is 106 Å². The van der Waals surface area contributed by atoms with E-state index in [1.807, 2.05) is 0 Å². The number of carbonyl (C=O) groups excluding carboxylic acids is 2. The number of benzene rings is 1. The number of aryl methyl sites for hydroxylation is 1. The molecule has 0 atom stereocenters. The molecule has 1 N–H and O–H groups in total. The minimum atomic E-state index is -5.01. The first-order valence-electron chi connectivity index (χ1n) is 4.84. The van der Waals surface area contributed by atoms with E-state index in [0.717, 1.165) is 0 Å². The number of ketones is 1. The van der Waals surface area contributed by atoms with Crippen molar-refractivity contribution in [3.8, 4) is 0 Å². The molecule has 0 saturated heterocycles. The molecule has 0 heterocycles. The van der Waals surface area contributed by atoms with Crippen molar-refractivity contribution in [1.29, 1.82) is 0 Å². The molecule has 0 unspecified atom stereocenters. The number of Topliss-reactive ketones (excluding diaryl/α,β-unsaturated/α-hetero) is 1. The summed E-state index contributed by atoms with van der Waals surface area (Å²) in [5.41, 5.74) is 0.150. The summed E-state index contributed by atoms with van der Waals surface area (Å²) in [7, 11) is 0. The van der Waals surface area contributed by atoms with Gasteiger partial charge in [0.25, 0.3) is 0 Å². The molecular weight excluding hydrogens is 271 g/mol. The molecule has 0 aliphatic rings. The van der Waals surface area contributed by atoms with Crippen LogP contribution in [0, 0.1) is 6.92 Å². The van der Waals surface area contributed by atoms with Gasteiger partial charge in [0.2, 0.25) is 0 Å². The van der Waals surface area contributed by atoms with Gasteiger partial charge in [0.15, 0.2) is 5.78 Å². The Balaban J connectivity index is 3.15. The van der Waals surface area contributed by atoms with Crippen LogP contribution in [0.5, 0.6) is 0 Å². The van der Waals surface area contributed by atoms with Gasteiger partial charge < -0.3 is 5.32 Å². The number of nitrogens with one attached hydrogen (secondary N) is 1. The van der Waals surface area contributed by atoms with E-state index < -0.39 is 17.9 Å². The lowest BCUT2D eigenvalue weighted by Crippen LogP contribution is -2.31. The first-order valence-corrected chi connectivity index (χ1v) is 5.37. The number of alkyl halides is 4. The Bertz CT molecular complexity index is 486. The minimum absolute atomic E-state index is 0.0393. The van der Waals surface area contributed by atoms with Crippen molar-refractivity contribution in [3.63, 3.8) is 0 Å². The molecular formula is C11H9ClF3NO2. The second-order valence-electron chi connectivity index (χ2n) is 3.51. The molecule has 0 radical (unpaired) electrons. The smallest absolute Gasteiger partial charge is 0.317 e. The molecule has 7 heteroatoms. The van der Waals surface area contributed by atoms with Crippen LogP contribution in [0.25, 0.3) is 0 Å². The van der Waals surface area contributed by atoms with E-state index in [1.54, 1.807) is 5.32 Å². The van der Waals surface area contributed by atoms with Gasteiger partial charge in [0.1, 0.15) is 0 Å². The SMILES string of the molecule is Cc1cccc(C(=O)CCl)c1NC(=O)C(F)(F)F. The van der Waals surface area contributed by atoms with Crippen LogP contribution in [0.15, 0.2) is 18.2 Å². The van der Waals surface area contributed by atoms with Crippen molar-refractivity contribution >= 4 is 29.0 Å². The number of rotatable bonds is 3. The standard InChI is InChI=1S/C11H9ClF3NO2/c1-6-3-2-4-7(8(17)5-12)9(6)16-10(18)11(13,14)15/h2-4H,5H2,1H3,(H,16,18). The van der Waals surface area contributed by atoms with Crippen molar-refractivity contribution < 1.29 is 22.8 Å². The Hall–Kier alpha value is -1.56. The van der Waals surface area contributed by atoms with Crippen molar-refractivity contribution in [3.05, 3.63) is 29.3 Å². The normalized spacial score (nSPS) is 11.2. The lowest BCUT2D eigenvalue weighted by Gasteiger charge is -2.13. The molecule has 3 nitrogen and oxygen atoms in total. The molecule has 1 aromatic rings. The first kappa shape index (κ1) is 14.5. The van der Waals surface area contributed by atoms with Crippen molar-refractivity contribution in [2.75, 3.05) is 11.2 Å². The molecule has 0 saturated carbocycles. The zero-order valence-corrected chi connectivity index (χ0v) is 10.0. The maximum Gasteiger partial charge on any atom is 0.471 e. The minimum Gasteiger partial charge on any atom is -0.317 e. The first-order chi connectivity index (χ1) is 8.27. The highest BCUT2D eigenvalue weighted by Crippen LogP contribution is 2.24. The number of hydrogen-bond donors (Lipinski definition) is 1. The molecule has 0 aromatic heterocycles. The third kappa shape index (κ3) is 3.22. The number of para-hydroxylation sites is 1. The van der Waals surface area contributed by atoms with Crippen LogP contribution in [-0.2, 0) is 4.79 Å². The van der Waals surface area contributed by atoms with E-state index in [0.29, 0.717) is 5.56 Å². The molecule has 1 amide bonds. The van der Waals surface area contributed by atoms with Crippen LogP contribution in [0.4, 0.5) is 18.9 Å². The van der Waals surface area contributed by atoms with E-state index in [-0.39, 0.29) is 17.1 Å². The van der Waals surface area contributed by atoms with E-state index >= 15 is 0 Å².